The van der Waals surface area contributed by atoms with Crippen molar-refractivity contribution in [3.63, 3.8) is 0 Å². The van der Waals surface area contributed by atoms with Crippen molar-refractivity contribution >= 4 is 5.91 Å². The van der Waals surface area contributed by atoms with E-state index >= 15 is 0 Å². The van der Waals surface area contributed by atoms with Crippen LogP contribution in [0.1, 0.15) is 29.5 Å². The third kappa shape index (κ3) is 4.55. The zero-order valence-corrected chi connectivity index (χ0v) is 13.1. The van der Waals surface area contributed by atoms with Crippen LogP contribution in [0, 0.1) is 13.8 Å². The molecule has 0 atom stereocenters. The van der Waals surface area contributed by atoms with Crippen LogP contribution in [0.25, 0.3) is 0 Å². The van der Waals surface area contributed by atoms with Crippen LogP contribution in [0.5, 0.6) is 0 Å². The van der Waals surface area contributed by atoms with Crippen molar-refractivity contribution in [1.29, 1.82) is 0 Å². The number of amides is 1. The molecule has 21 heavy (non-hydrogen) atoms. The van der Waals surface area contributed by atoms with Gasteiger partial charge in [0, 0.05) is 19.6 Å². The Kier molecular flexibility index (Phi) is 5.76. The van der Waals surface area contributed by atoms with Gasteiger partial charge in [0.25, 0.3) is 0 Å². The van der Waals surface area contributed by atoms with Crippen molar-refractivity contribution in [2.24, 2.45) is 5.73 Å². The minimum absolute atomic E-state index is 0.218. The van der Waals surface area contributed by atoms with Gasteiger partial charge in [-0.1, -0.05) is 18.2 Å². The van der Waals surface area contributed by atoms with Gasteiger partial charge in [-0.3, -0.25) is 4.79 Å². The van der Waals surface area contributed by atoms with Crippen molar-refractivity contribution in [1.82, 2.24) is 4.90 Å². The number of piperidine rings is 1. The fraction of sp³-hybridized carbons (Fsp3) is 0.588. The maximum Gasteiger partial charge on any atom is 0.226 e. The highest BCUT2D eigenvalue weighted by molar-refractivity contribution is 5.79. The van der Waals surface area contributed by atoms with Crippen LogP contribution in [-0.4, -0.2) is 43.2 Å². The van der Waals surface area contributed by atoms with Gasteiger partial charge in [0.15, 0.2) is 0 Å². The Balaban J connectivity index is 1.83. The van der Waals surface area contributed by atoms with Crippen LogP contribution in [0.3, 0.4) is 0 Å². The van der Waals surface area contributed by atoms with E-state index in [1.807, 2.05) is 4.90 Å². The zero-order valence-electron chi connectivity index (χ0n) is 13.1. The van der Waals surface area contributed by atoms with Crippen molar-refractivity contribution < 1.29 is 9.53 Å². The van der Waals surface area contributed by atoms with Gasteiger partial charge in [-0.2, -0.15) is 0 Å². The predicted octanol–water partition coefficient (Wildman–Crippen LogP) is 1.81. The second-order valence-corrected chi connectivity index (χ2v) is 5.83. The first-order valence-electron chi connectivity index (χ1n) is 7.75. The molecule has 1 saturated heterocycles. The van der Waals surface area contributed by atoms with Gasteiger partial charge in [-0.15, -0.1) is 0 Å². The molecule has 0 aromatic heterocycles. The number of carbonyl (C=O) groups is 1. The van der Waals surface area contributed by atoms with Gasteiger partial charge in [0.1, 0.15) is 0 Å². The molecule has 1 heterocycles. The predicted molar refractivity (Wildman–Crippen MR) is 84.2 cm³/mol. The lowest BCUT2D eigenvalue weighted by atomic mass is 10.0. The van der Waals surface area contributed by atoms with Crippen molar-refractivity contribution in [2.75, 3.05) is 26.2 Å². The Morgan fingerprint density at radius 3 is 2.62 bits per heavy atom. The molecule has 1 aromatic rings. The first kappa shape index (κ1) is 16.0. The van der Waals surface area contributed by atoms with Crippen molar-refractivity contribution in [3.05, 3.63) is 34.9 Å². The number of benzene rings is 1. The summed E-state index contributed by atoms with van der Waals surface area (Å²) in [7, 11) is 0. The fourth-order valence-corrected chi connectivity index (χ4v) is 2.71. The maximum absolute atomic E-state index is 12.3. The lowest BCUT2D eigenvalue weighted by Gasteiger charge is -2.32. The first-order valence-corrected chi connectivity index (χ1v) is 7.75. The van der Waals surface area contributed by atoms with Crippen molar-refractivity contribution in [3.8, 4) is 0 Å². The highest BCUT2D eigenvalue weighted by Gasteiger charge is 2.23. The molecule has 1 aromatic carbocycles. The third-order valence-corrected chi connectivity index (χ3v) is 4.19. The Morgan fingerprint density at radius 1 is 1.29 bits per heavy atom. The smallest absolute Gasteiger partial charge is 0.226 e. The second-order valence-electron chi connectivity index (χ2n) is 5.83. The molecule has 4 heteroatoms. The van der Waals surface area contributed by atoms with Gasteiger partial charge in [0.05, 0.1) is 19.1 Å². The highest BCUT2D eigenvalue weighted by atomic mass is 16.5. The first-order chi connectivity index (χ1) is 10.1. The lowest BCUT2D eigenvalue weighted by molar-refractivity contribution is -0.133. The quantitative estimate of drug-likeness (QED) is 0.900. The van der Waals surface area contributed by atoms with Gasteiger partial charge < -0.3 is 15.4 Å². The molecule has 4 nitrogen and oxygen atoms in total. The molecule has 2 N–H and O–H groups in total. The number of rotatable bonds is 5. The van der Waals surface area contributed by atoms with E-state index in [4.69, 9.17) is 10.5 Å². The SMILES string of the molecule is Cc1ccc(CC(=O)N2CCC(OCCN)CC2)cc1C. The average molecular weight is 290 g/mol. The third-order valence-electron chi connectivity index (χ3n) is 4.19. The van der Waals surface area contributed by atoms with E-state index < -0.39 is 0 Å². The van der Waals surface area contributed by atoms with Gasteiger partial charge in [-0.05, 0) is 43.4 Å². The molecule has 0 unspecified atom stereocenters. The molecule has 1 aliphatic rings. The standard InChI is InChI=1S/C17H26N2O2/c1-13-3-4-15(11-14(13)2)12-17(20)19-8-5-16(6-9-19)21-10-7-18/h3-4,11,16H,5-10,12,18H2,1-2H3. The molecular formula is C17H26N2O2. The van der Waals surface area contributed by atoms with Crippen molar-refractivity contribution in [2.45, 2.75) is 39.2 Å². The number of likely N-dealkylation sites (tertiary alicyclic amines) is 1. The molecule has 1 amide bonds. The summed E-state index contributed by atoms with van der Waals surface area (Å²) in [5.41, 5.74) is 9.05. The molecule has 1 aliphatic heterocycles. The summed E-state index contributed by atoms with van der Waals surface area (Å²) in [5.74, 6) is 0.218. The molecule has 116 valence electrons. The van der Waals surface area contributed by atoms with Crippen LogP contribution in [0.4, 0.5) is 0 Å². The second kappa shape index (κ2) is 7.57. The van der Waals surface area contributed by atoms with E-state index in [0.717, 1.165) is 31.5 Å². The molecule has 1 fully saturated rings. The van der Waals surface area contributed by atoms with Crippen LogP contribution in [-0.2, 0) is 16.0 Å². The van der Waals surface area contributed by atoms with Crippen LogP contribution in [0.2, 0.25) is 0 Å². The highest BCUT2D eigenvalue weighted by Crippen LogP contribution is 2.16. The number of nitrogens with zero attached hydrogens (tertiary/aromatic N) is 1. The van der Waals surface area contributed by atoms with E-state index in [-0.39, 0.29) is 12.0 Å². The van der Waals surface area contributed by atoms with E-state index in [9.17, 15) is 4.79 Å². The lowest BCUT2D eigenvalue weighted by Crippen LogP contribution is -2.41. The van der Waals surface area contributed by atoms with E-state index in [0.29, 0.717) is 19.6 Å². The van der Waals surface area contributed by atoms with Crippen LogP contribution >= 0.6 is 0 Å². The van der Waals surface area contributed by atoms with Gasteiger partial charge >= 0.3 is 0 Å². The van der Waals surface area contributed by atoms with E-state index in [2.05, 4.69) is 32.0 Å². The number of aryl methyl sites for hydroxylation is 2. The number of hydrogen-bond acceptors (Lipinski definition) is 3. The zero-order chi connectivity index (χ0) is 15.2. The Hall–Kier alpha value is -1.39. The molecule has 0 saturated carbocycles. The summed E-state index contributed by atoms with van der Waals surface area (Å²) < 4.78 is 5.64. The Bertz CT molecular complexity index is 480. The normalized spacial score (nSPS) is 16.2. The number of nitrogens with two attached hydrogens (primary N) is 1. The Morgan fingerprint density at radius 2 is 2.00 bits per heavy atom. The molecule has 0 aliphatic carbocycles. The summed E-state index contributed by atoms with van der Waals surface area (Å²) in [6, 6.07) is 6.26. The van der Waals surface area contributed by atoms with Crippen LogP contribution < -0.4 is 5.73 Å². The summed E-state index contributed by atoms with van der Waals surface area (Å²) in [4.78, 5) is 14.3. The molecule has 0 bridgehead atoms. The molecule has 0 spiro atoms. The van der Waals surface area contributed by atoms with E-state index in [1.54, 1.807) is 0 Å². The van der Waals surface area contributed by atoms with Crippen LogP contribution in [0.15, 0.2) is 18.2 Å². The summed E-state index contributed by atoms with van der Waals surface area (Å²) >= 11 is 0. The van der Waals surface area contributed by atoms with Gasteiger partial charge in [0.2, 0.25) is 5.91 Å². The monoisotopic (exact) mass is 290 g/mol. The number of ether oxygens (including phenoxy) is 1. The Labute approximate surface area is 127 Å². The summed E-state index contributed by atoms with van der Waals surface area (Å²) in [6.45, 7) is 6.93. The number of carbonyl (C=O) groups excluding carboxylic acids is 1. The fourth-order valence-electron chi connectivity index (χ4n) is 2.71. The number of hydrogen-bond donors (Lipinski definition) is 1. The summed E-state index contributed by atoms with van der Waals surface area (Å²) in [6.07, 6.45) is 2.59. The summed E-state index contributed by atoms with van der Waals surface area (Å²) in [5, 5.41) is 0. The molecule has 2 rings (SSSR count). The maximum atomic E-state index is 12.3. The minimum Gasteiger partial charge on any atom is -0.377 e. The molecule has 0 radical (unpaired) electrons. The topological polar surface area (TPSA) is 55.6 Å². The van der Waals surface area contributed by atoms with Gasteiger partial charge in [-0.25, -0.2) is 0 Å². The largest absolute Gasteiger partial charge is 0.377 e. The average Bonchev–Trinajstić information content (AvgIpc) is 2.49. The minimum atomic E-state index is 0.218. The molecular weight excluding hydrogens is 264 g/mol. The van der Waals surface area contributed by atoms with E-state index in [1.165, 1.54) is 11.1 Å².